The van der Waals surface area contributed by atoms with Crippen LogP contribution in [0.4, 0.5) is 5.69 Å². The van der Waals surface area contributed by atoms with Gasteiger partial charge in [0.25, 0.3) is 5.91 Å². The molecular formula is C14H18N2O2S. The second kappa shape index (κ2) is 6.12. The first kappa shape index (κ1) is 14.0. The molecule has 1 amide bonds. The van der Waals surface area contributed by atoms with E-state index in [-0.39, 0.29) is 12.0 Å². The van der Waals surface area contributed by atoms with Crippen molar-refractivity contribution in [2.45, 2.75) is 25.4 Å². The topological polar surface area (TPSA) is 55.6 Å². The van der Waals surface area contributed by atoms with Crippen LogP contribution in [0.25, 0.3) is 0 Å². The van der Waals surface area contributed by atoms with Crippen molar-refractivity contribution in [3.8, 4) is 0 Å². The van der Waals surface area contributed by atoms with E-state index in [1.54, 1.807) is 11.9 Å². The number of nitrogens with two attached hydrogens (primary N) is 1. The van der Waals surface area contributed by atoms with E-state index in [9.17, 15) is 4.79 Å². The van der Waals surface area contributed by atoms with Crippen molar-refractivity contribution < 1.29 is 9.53 Å². The maximum absolute atomic E-state index is 12.3. The number of carbonyl (C=O) groups is 1. The third kappa shape index (κ3) is 3.30. The van der Waals surface area contributed by atoms with Gasteiger partial charge in [-0.1, -0.05) is 24.4 Å². The van der Waals surface area contributed by atoms with Crippen molar-refractivity contribution in [3.63, 3.8) is 0 Å². The van der Waals surface area contributed by atoms with Crippen molar-refractivity contribution in [2.24, 2.45) is 5.73 Å². The molecule has 0 bridgehead atoms. The fourth-order valence-electron chi connectivity index (χ4n) is 2.15. The second-order valence-corrected chi connectivity index (χ2v) is 5.11. The third-order valence-corrected chi connectivity index (χ3v) is 3.54. The number of benzene rings is 1. The maximum Gasteiger partial charge on any atom is 0.255 e. The van der Waals surface area contributed by atoms with Crippen LogP contribution in [-0.4, -0.2) is 30.7 Å². The van der Waals surface area contributed by atoms with Crippen LogP contribution in [0.3, 0.4) is 0 Å². The SMILES string of the molecule is CN(C(=O)C1CCCCO1)c1cccc(C(N)=S)c1. The van der Waals surface area contributed by atoms with Crippen molar-refractivity contribution in [2.75, 3.05) is 18.6 Å². The van der Waals surface area contributed by atoms with Gasteiger partial charge in [0.1, 0.15) is 11.1 Å². The zero-order chi connectivity index (χ0) is 13.8. The number of hydrogen-bond donors (Lipinski definition) is 1. The summed E-state index contributed by atoms with van der Waals surface area (Å²) in [6.45, 7) is 0.664. The van der Waals surface area contributed by atoms with E-state index >= 15 is 0 Å². The summed E-state index contributed by atoms with van der Waals surface area (Å²) < 4.78 is 5.52. The van der Waals surface area contributed by atoms with Crippen LogP contribution in [0.1, 0.15) is 24.8 Å². The fourth-order valence-corrected chi connectivity index (χ4v) is 2.27. The van der Waals surface area contributed by atoms with Crippen LogP contribution in [0.2, 0.25) is 0 Å². The molecule has 2 N–H and O–H groups in total. The summed E-state index contributed by atoms with van der Waals surface area (Å²) in [5, 5.41) is 0. The average molecular weight is 278 g/mol. The normalized spacial score (nSPS) is 18.9. The Labute approximate surface area is 118 Å². The highest BCUT2D eigenvalue weighted by Crippen LogP contribution is 2.20. The molecule has 1 aromatic rings. The highest BCUT2D eigenvalue weighted by molar-refractivity contribution is 7.80. The van der Waals surface area contributed by atoms with Gasteiger partial charge in [0.05, 0.1) is 0 Å². The van der Waals surface area contributed by atoms with Gasteiger partial charge in [0.2, 0.25) is 0 Å². The molecular weight excluding hydrogens is 260 g/mol. The Morgan fingerprint density at radius 1 is 1.47 bits per heavy atom. The smallest absolute Gasteiger partial charge is 0.255 e. The Kier molecular flexibility index (Phi) is 4.50. The van der Waals surface area contributed by atoms with Crippen LogP contribution in [0.15, 0.2) is 24.3 Å². The average Bonchev–Trinajstić information content (AvgIpc) is 2.46. The van der Waals surface area contributed by atoms with Crippen molar-refractivity contribution in [1.29, 1.82) is 0 Å². The highest BCUT2D eigenvalue weighted by Gasteiger charge is 2.25. The van der Waals surface area contributed by atoms with Gasteiger partial charge in [0.15, 0.2) is 0 Å². The van der Waals surface area contributed by atoms with E-state index in [0.717, 1.165) is 30.5 Å². The first-order valence-corrected chi connectivity index (χ1v) is 6.79. The van der Waals surface area contributed by atoms with Crippen LogP contribution in [0, 0.1) is 0 Å². The number of rotatable bonds is 3. The monoisotopic (exact) mass is 278 g/mol. The molecule has 102 valence electrons. The molecule has 19 heavy (non-hydrogen) atoms. The van der Waals surface area contributed by atoms with E-state index in [1.165, 1.54) is 0 Å². The first-order chi connectivity index (χ1) is 9.09. The summed E-state index contributed by atoms with van der Waals surface area (Å²) in [7, 11) is 1.75. The standard InChI is InChI=1S/C14H18N2O2S/c1-16(14(17)12-7-2-3-8-18-12)11-6-4-5-10(9-11)13(15)19/h4-6,9,12H,2-3,7-8H2,1H3,(H2,15,19). The third-order valence-electron chi connectivity index (χ3n) is 3.30. The summed E-state index contributed by atoms with van der Waals surface area (Å²) in [6.07, 6.45) is 2.53. The van der Waals surface area contributed by atoms with Gasteiger partial charge >= 0.3 is 0 Å². The molecule has 0 aliphatic carbocycles. The van der Waals surface area contributed by atoms with Gasteiger partial charge in [-0.3, -0.25) is 4.79 Å². The van der Waals surface area contributed by atoms with E-state index in [2.05, 4.69) is 0 Å². The largest absolute Gasteiger partial charge is 0.389 e. The lowest BCUT2D eigenvalue weighted by atomic mass is 10.1. The Bertz CT molecular complexity index is 484. The molecule has 0 radical (unpaired) electrons. The van der Waals surface area contributed by atoms with E-state index in [4.69, 9.17) is 22.7 Å². The van der Waals surface area contributed by atoms with Crippen LogP contribution >= 0.6 is 12.2 Å². The number of likely N-dealkylation sites (N-methyl/N-ethyl adjacent to an activating group) is 1. The molecule has 4 nitrogen and oxygen atoms in total. The predicted molar refractivity (Wildman–Crippen MR) is 79.3 cm³/mol. The Balaban J connectivity index is 2.13. The number of amides is 1. The molecule has 0 spiro atoms. The number of anilines is 1. The van der Waals surface area contributed by atoms with Crippen LogP contribution in [-0.2, 0) is 9.53 Å². The van der Waals surface area contributed by atoms with Crippen LogP contribution < -0.4 is 10.6 Å². The predicted octanol–water partition coefficient (Wildman–Crippen LogP) is 1.85. The minimum Gasteiger partial charge on any atom is -0.389 e. The number of thiocarbonyl (C=S) groups is 1. The molecule has 1 aliphatic rings. The number of nitrogens with zero attached hydrogens (tertiary/aromatic N) is 1. The van der Waals surface area contributed by atoms with Crippen molar-refractivity contribution in [3.05, 3.63) is 29.8 Å². The molecule has 0 saturated carbocycles. The molecule has 1 heterocycles. The van der Waals surface area contributed by atoms with E-state index in [1.807, 2.05) is 24.3 Å². The second-order valence-electron chi connectivity index (χ2n) is 4.67. The van der Waals surface area contributed by atoms with Crippen LogP contribution in [0.5, 0.6) is 0 Å². The molecule has 1 atom stereocenters. The summed E-state index contributed by atoms with van der Waals surface area (Å²) in [6, 6.07) is 7.36. The Hall–Kier alpha value is -1.46. The lowest BCUT2D eigenvalue weighted by Gasteiger charge is -2.27. The summed E-state index contributed by atoms with van der Waals surface area (Å²) in [5.41, 5.74) is 7.15. The molecule has 1 aliphatic heterocycles. The van der Waals surface area contributed by atoms with Gasteiger partial charge in [-0.05, 0) is 31.4 Å². The Morgan fingerprint density at radius 3 is 2.89 bits per heavy atom. The van der Waals surface area contributed by atoms with Crippen molar-refractivity contribution >= 4 is 28.8 Å². The van der Waals surface area contributed by atoms with Gasteiger partial charge in [-0.2, -0.15) is 0 Å². The minimum atomic E-state index is -0.327. The Morgan fingerprint density at radius 2 is 2.26 bits per heavy atom. The zero-order valence-electron chi connectivity index (χ0n) is 11.0. The quantitative estimate of drug-likeness (QED) is 0.857. The first-order valence-electron chi connectivity index (χ1n) is 6.38. The van der Waals surface area contributed by atoms with Gasteiger partial charge in [0, 0.05) is 24.9 Å². The fraction of sp³-hybridized carbons (Fsp3) is 0.429. The molecule has 1 aromatic carbocycles. The summed E-state index contributed by atoms with van der Waals surface area (Å²) in [5.74, 6) is -0.0141. The summed E-state index contributed by atoms with van der Waals surface area (Å²) >= 11 is 4.95. The van der Waals surface area contributed by atoms with Gasteiger partial charge < -0.3 is 15.4 Å². The molecule has 5 heteroatoms. The lowest BCUT2D eigenvalue weighted by molar-refractivity contribution is -0.132. The maximum atomic E-state index is 12.3. The lowest BCUT2D eigenvalue weighted by Crippen LogP contribution is -2.39. The van der Waals surface area contributed by atoms with Gasteiger partial charge in [-0.25, -0.2) is 0 Å². The molecule has 1 unspecified atom stereocenters. The molecule has 0 aromatic heterocycles. The molecule has 2 rings (SSSR count). The number of carbonyl (C=O) groups excluding carboxylic acids is 1. The number of hydrogen-bond acceptors (Lipinski definition) is 3. The van der Waals surface area contributed by atoms with E-state index < -0.39 is 0 Å². The number of ether oxygens (including phenoxy) is 1. The van der Waals surface area contributed by atoms with E-state index in [0.29, 0.717) is 11.6 Å². The zero-order valence-corrected chi connectivity index (χ0v) is 11.8. The molecule has 1 fully saturated rings. The highest BCUT2D eigenvalue weighted by atomic mass is 32.1. The van der Waals surface area contributed by atoms with Crippen molar-refractivity contribution in [1.82, 2.24) is 0 Å². The summed E-state index contributed by atoms with van der Waals surface area (Å²) in [4.78, 5) is 14.3. The minimum absolute atomic E-state index is 0.0141. The molecule has 1 saturated heterocycles. The van der Waals surface area contributed by atoms with Gasteiger partial charge in [-0.15, -0.1) is 0 Å².